The molecule has 0 saturated carbocycles. The predicted octanol–water partition coefficient (Wildman–Crippen LogP) is 3.14. The zero-order valence-electron chi connectivity index (χ0n) is 6.89. The van der Waals surface area contributed by atoms with Crippen LogP contribution in [-0.4, -0.2) is 12.0 Å². The third-order valence-corrected chi connectivity index (χ3v) is 2.15. The predicted molar refractivity (Wildman–Crippen MR) is 53.6 cm³/mol. The van der Waals surface area contributed by atoms with Crippen LogP contribution in [0.25, 0.3) is 0 Å². The van der Waals surface area contributed by atoms with Crippen LogP contribution in [0.1, 0.15) is 11.1 Å². The summed E-state index contributed by atoms with van der Waals surface area (Å²) in [5.41, 5.74) is 2.37. The molecule has 0 bridgehead atoms. The van der Waals surface area contributed by atoms with E-state index in [-0.39, 0.29) is 6.67 Å². The maximum atomic E-state index is 12.0. The van der Waals surface area contributed by atoms with Crippen LogP contribution in [0.15, 0.2) is 24.3 Å². The lowest BCUT2D eigenvalue weighted by molar-refractivity contribution is 0.495. The van der Waals surface area contributed by atoms with Gasteiger partial charge in [-0.15, -0.1) is 0 Å². The quantitative estimate of drug-likeness (QED) is 0.698. The molecule has 12 heavy (non-hydrogen) atoms. The molecular weight excluding hydrogens is 219 g/mol. The van der Waals surface area contributed by atoms with Gasteiger partial charge in [-0.3, -0.25) is 4.39 Å². The second-order valence-electron chi connectivity index (χ2n) is 2.70. The average molecular weight is 231 g/mol. The van der Waals surface area contributed by atoms with E-state index in [1.165, 1.54) is 5.56 Å². The van der Waals surface area contributed by atoms with Gasteiger partial charge in [0.25, 0.3) is 0 Å². The molecular formula is C10H12BrF. The lowest BCUT2D eigenvalue weighted by Gasteiger charge is -2.01. The van der Waals surface area contributed by atoms with Gasteiger partial charge in [-0.2, -0.15) is 0 Å². The van der Waals surface area contributed by atoms with Crippen molar-refractivity contribution in [1.29, 1.82) is 0 Å². The fourth-order valence-corrected chi connectivity index (χ4v) is 1.62. The van der Waals surface area contributed by atoms with Crippen molar-refractivity contribution in [3.05, 3.63) is 35.4 Å². The Morgan fingerprint density at radius 2 is 1.83 bits per heavy atom. The molecule has 0 fully saturated rings. The van der Waals surface area contributed by atoms with E-state index >= 15 is 0 Å². The van der Waals surface area contributed by atoms with Crippen molar-refractivity contribution >= 4 is 15.9 Å². The first-order chi connectivity index (χ1) is 5.86. The van der Waals surface area contributed by atoms with E-state index in [9.17, 15) is 4.39 Å². The highest BCUT2D eigenvalue weighted by Crippen LogP contribution is 2.07. The molecule has 0 unspecified atom stereocenters. The number of rotatable bonds is 4. The van der Waals surface area contributed by atoms with Crippen molar-refractivity contribution in [1.82, 2.24) is 0 Å². The second-order valence-corrected chi connectivity index (χ2v) is 3.49. The van der Waals surface area contributed by atoms with E-state index in [1.807, 2.05) is 12.1 Å². The fourth-order valence-electron chi connectivity index (χ4n) is 1.16. The molecule has 0 aromatic heterocycles. The minimum atomic E-state index is -0.266. The summed E-state index contributed by atoms with van der Waals surface area (Å²) in [7, 11) is 0. The van der Waals surface area contributed by atoms with Gasteiger partial charge < -0.3 is 0 Å². The highest BCUT2D eigenvalue weighted by Gasteiger charge is 1.94. The summed E-state index contributed by atoms with van der Waals surface area (Å²) in [4.78, 5) is 0. The Morgan fingerprint density at radius 3 is 2.42 bits per heavy atom. The molecule has 0 heterocycles. The molecule has 1 rings (SSSR count). The van der Waals surface area contributed by atoms with Gasteiger partial charge in [0.05, 0.1) is 6.67 Å². The van der Waals surface area contributed by atoms with E-state index in [2.05, 4.69) is 28.1 Å². The van der Waals surface area contributed by atoms with Gasteiger partial charge in [0.2, 0.25) is 0 Å². The number of halogens is 2. The summed E-state index contributed by atoms with van der Waals surface area (Å²) in [6.07, 6.45) is 1.55. The monoisotopic (exact) mass is 230 g/mol. The average Bonchev–Trinajstić information content (AvgIpc) is 2.06. The summed E-state index contributed by atoms with van der Waals surface area (Å²) >= 11 is 3.38. The van der Waals surface area contributed by atoms with Gasteiger partial charge in [-0.1, -0.05) is 40.2 Å². The van der Waals surface area contributed by atoms with Gasteiger partial charge in [-0.25, -0.2) is 0 Å². The Bertz CT molecular complexity index is 214. The van der Waals surface area contributed by atoms with Crippen LogP contribution in [0, 0.1) is 0 Å². The smallest absolute Gasteiger partial charge is 0.0934 e. The fraction of sp³-hybridized carbons (Fsp3) is 0.400. The molecule has 0 atom stereocenters. The molecule has 0 aliphatic carbocycles. The third kappa shape index (κ3) is 2.94. The van der Waals surface area contributed by atoms with Crippen LogP contribution < -0.4 is 0 Å². The van der Waals surface area contributed by atoms with Gasteiger partial charge in [0.1, 0.15) is 0 Å². The van der Waals surface area contributed by atoms with E-state index in [0.29, 0.717) is 6.42 Å². The summed E-state index contributed by atoms with van der Waals surface area (Å²) in [5, 5.41) is 0.964. The molecule has 1 aromatic carbocycles. The third-order valence-electron chi connectivity index (χ3n) is 1.76. The van der Waals surface area contributed by atoms with Gasteiger partial charge in [0.15, 0.2) is 0 Å². The molecule has 0 spiro atoms. The Kier molecular flexibility index (Phi) is 4.30. The number of alkyl halides is 2. The van der Waals surface area contributed by atoms with Crippen LogP contribution in [0.2, 0.25) is 0 Å². The second kappa shape index (κ2) is 5.31. The Morgan fingerprint density at radius 1 is 1.17 bits per heavy atom. The molecule has 2 heteroatoms. The normalized spacial score (nSPS) is 10.2. The summed E-state index contributed by atoms with van der Waals surface area (Å²) in [6.45, 7) is -0.266. The van der Waals surface area contributed by atoms with Crippen molar-refractivity contribution in [3.63, 3.8) is 0 Å². The number of hydrogen-bond donors (Lipinski definition) is 0. The van der Waals surface area contributed by atoms with Gasteiger partial charge in [-0.05, 0) is 17.5 Å². The lowest BCUT2D eigenvalue weighted by atomic mass is 10.1. The van der Waals surface area contributed by atoms with Crippen molar-refractivity contribution in [2.75, 3.05) is 12.0 Å². The van der Waals surface area contributed by atoms with Gasteiger partial charge >= 0.3 is 0 Å². The first-order valence-electron chi connectivity index (χ1n) is 4.06. The molecule has 0 aliphatic rings. The Hall–Kier alpha value is -0.370. The topological polar surface area (TPSA) is 0 Å². The zero-order valence-corrected chi connectivity index (χ0v) is 8.48. The molecule has 1 aromatic rings. The number of benzene rings is 1. The van der Waals surface area contributed by atoms with E-state index in [4.69, 9.17) is 0 Å². The molecule has 66 valence electrons. The van der Waals surface area contributed by atoms with Crippen molar-refractivity contribution < 1.29 is 4.39 Å². The summed E-state index contributed by atoms with van der Waals surface area (Å²) in [5.74, 6) is 0. The zero-order chi connectivity index (χ0) is 8.81. The lowest BCUT2D eigenvalue weighted by Crippen LogP contribution is -1.90. The maximum absolute atomic E-state index is 12.0. The van der Waals surface area contributed by atoms with Crippen LogP contribution in [0.3, 0.4) is 0 Å². The molecule has 0 nitrogen and oxygen atoms in total. The molecule has 0 aliphatic heterocycles. The van der Waals surface area contributed by atoms with E-state index < -0.39 is 0 Å². The van der Waals surface area contributed by atoms with E-state index in [0.717, 1.165) is 17.3 Å². The largest absolute Gasteiger partial charge is 0.251 e. The SMILES string of the molecule is FCCc1cccc(CCBr)c1. The van der Waals surface area contributed by atoms with Crippen molar-refractivity contribution in [2.45, 2.75) is 12.8 Å². The van der Waals surface area contributed by atoms with E-state index in [1.54, 1.807) is 0 Å². The number of aryl methyl sites for hydroxylation is 2. The van der Waals surface area contributed by atoms with Crippen molar-refractivity contribution in [3.8, 4) is 0 Å². The van der Waals surface area contributed by atoms with Crippen LogP contribution in [0.4, 0.5) is 4.39 Å². The van der Waals surface area contributed by atoms with Gasteiger partial charge in [0, 0.05) is 11.8 Å². The van der Waals surface area contributed by atoms with Crippen molar-refractivity contribution in [2.24, 2.45) is 0 Å². The Balaban J connectivity index is 2.67. The minimum absolute atomic E-state index is 0.266. The van der Waals surface area contributed by atoms with Crippen LogP contribution in [0.5, 0.6) is 0 Å². The highest BCUT2D eigenvalue weighted by atomic mass is 79.9. The highest BCUT2D eigenvalue weighted by molar-refractivity contribution is 9.09. The first-order valence-corrected chi connectivity index (χ1v) is 5.18. The molecule has 0 saturated heterocycles. The standard InChI is InChI=1S/C10H12BrF/c11-6-4-9-2-1-3-10(8-9)5-7-12/h1-3,8H,4-7H2. The molecule has 0 amide bonds. The first kappa shape index (κ1) is 9.72. The minimum Gasteiger partial charge on any atom is -0.251 e. The molecule has 0 radical (unpaired) electrons. The Labute approximate surface area is 80.9 Å². The van der Waals surface area contributed by atoms with Crippen LogP contribution >= 0.6 is 15.9 Å². The maximum Gasteiger partial charge on any atom is 0.0934 e. The number of hydrogen-bond acceptors (Lipinski definition) is 0. The summed E-state index contributed by atoms with van der Waals surface area (Å²) < 4.78 is 12.0. The summed E-state index contributed by atoms with van der Waals surface area (Å²) in [6, 6.07) is 8.10. The van der Waals surface area contributed by atoms with Crippen LogP contribution in [-0.2, 0) is 12.8 Å². The molecule has 0 N–H and O–H groups in total.